The number of amides is 2. The molecule has 0 aromatic heterocycles. The van der Waals surface area contributed by atoms with Gasteiger partial charge in [-0.1, -0.05) is 12.1 Å². The second kappa shape index (κ2) is 7.61. The summed E-state index contributed by atoms with van der Waals surface area (Å²) in [6, 6.07) is 6.95. The maximum Gasteiger partial charge on any atom is 0.268 e. The minimum Gasteiger partial charge on any atom is -0.491 e. The van der Waals surface area contributed by atoms with Gasteiger partial charge in [0, 0.05) is 32.6 Å². The molecular weight excluding hydrogens is 272 g/mol. The number of hydrazine groups is 1. The SMILES string of the molecule is NNC(=O)c1ccccc1OCCN1CCNC(=O)CC1. The molecule has 0 unspecified atom stereocenters. The smallest absolute Gasteiger partial charge is 0.268 e. The summed E-state index contributed by atoms with van der Waals surface area (Å²) in [7, 11) is 0. The van der Waals surface area contributed by atoms with Crippen molar-refractivity contribution in [2.45, 2.75) is 6.42 Å². The Kier molecular flexibility index (Phi) is 5.53. The van der Waals surface area contributed by atoms with Crippen molar-refractivity contribution in [3.63, 3.8) is 0 Å². The number of hydrogen-bond acceptors (Lipinski definition) is 5. The summed E-state index contributed by atoms with van der Waals surface area (Å²) in [5.41, 5.74) is 2.51. The number of ether oxygens (including phenoxy) is 1. The van der Waals surface area contributed by atoms with Gasteiger partial charge in [0.15, 0.2) is 0 Å². The predicted molar refractivity (Wildman–Crippen MR) is 77.7 cm³/mol. The van der Waals surface area contributed by atoms with Gasteiger partial charge in [-0.15, -0.1) is 0 Å². The molecule has 7 heteroatoms. The number of nitrogens with one attached hydrogen (secondary N) is 2. The highest BCUT2D eigenvalue weighted by atomic mass is 16.5. The van der Waals surface area contributed by atoms with Crippen LogP contribution in [0.5, 0.6) is 5.75 Å². The summed E-state index contributed by atoms with van der Waals surface area (Å²) < 4.78 is 5.67. The van der Waals surface area contributed by atoms with Crippen molar-refractivity contribution < 1.29 is 14.3 Å². The molecule has 114 valence electrons. The lowest BCUT2D eigenvalue weighted by Crippen LogP contribution is -2.32. The van der Waals surface area contributed by atoms with Crippen molar-refractivity contribution in [1.82, 2.24) is 15.6 Å². The average Bonchev–Trinajstić information content (AvgIpc) is 2.72. The zero-order valence-electron chi connectivity index (χ0n) is 11.8. The fourth-order valence-electron chi connectivity index (χ4n) is 2.18. The molecule has 1 fully saturated rings. The summed E-state index contributed by atoms with van der Waals surface area (Å²) in [5, 5.41) is 2.83. The van der Waals surface area contributed by atoms with Crippen LogP contribution in [0.25, 0.3) is 0 Å². The Labute approximate surface area is 123 Å². The van der Waals surface area contributed by atoms with E-state index in [9.17, 15) is 9.59 Å². The Balaban J connectivity index is 1.86. The molecule has 2 rings (SSSR count). The van der Waals surface area contributed by atoms with Gasteiger partial charge in [-0.3, -0.25) is 19.9 Å². The Morgan fingerprint density at radius 1 is 1.38 bits per heavy atom. The van der Waals surface area contributed by atoms with Gasteiger partial charge in [-0.05, 0) is 12.1 Å². The van der Waals surface area contributed by atoms with Gasteiger partial charge in [-0.2, -0.15) is 0 Å². The number of nitrogens with two attached hydrogens (primary N) is 1. The van der Waals surface area contributed by atoms with Crippen molar-refractivity contribution in [1.29, 1.82) is 0 Å². The van der Waals surface area contributed by atoms with Gasteiger partial charge in [-0.25, -0.2) is 5.84 Å². The first kappa shape index (κ1) is 15.3. The molecule has 2 amide bonds. The van der Waals surface area contributed by atoms with Gasteiger partial charge < -0.3 is 10.1 Å². The van der Waals surface area contributed by atoms with Crippen LogP contribution >= 0.6 is 0 Å². The number of hydrogen-bond donors (Lipinski definition) is 3. The molecule has 21 heavy (non-hydrogen) atoms. The molecule has 7 nitrogen and oxygen atoms in total. The molecule has 1 aromatic rings. The standard InChI is InChI=1S/C14H20N4O3/c15-17-14(20)11-3-1-2-4-12(11)21-10-9-18-7-5-13(19)16-6-8-18/h1-4H,5-10,15H2,(H,16,19)(H,17,20). The lowest BCUT2D eigenvalue weighted by molar-refractivity contribution is -0.120. The summed E-state index contributed by atoms with van der Waals surface area (Å²) in [6.45, 7) is 3.34. The molecule has 1 aliphatic heterocycles. The van der Waals surface area contributed by atoms with E-state index in [4.69, 9.17) is 10.6 Å². The van der Waals surface area contributed by atoms with E-state index in [0.717, 1.165) is 13.1 Å². The number of para-hydroxylation sites is 1. The van der Waals surface area contributed by atoms with E-state index in [-0.39, 0.29) is 11.8 Å². The molecule has 0 saturated carbocycles. The number of carbonyl (C=O) groups is 2. The highest BCUT2D eigenvalue weighted by Gasteiger charge is 2.14. The second-order valence-electron chi connectivity index (χ2n) is 4.76. The van der Waals surface area contributed by atoms with E-state index >= 15 is 0 Å². The zero-order valence-corrected chi connectivity index (χ0v) is 11.8. The third-order valence-electron chi connectivity index (χ3n) is 3.33. The van der Waals surface area contributed by atoms with Crippen LogP contribution in [-0.4, -0.2) is 49.5 Å². The predicted octanol–water partition coefficient (Wildman–Crippen LogP) is -0.509. The van der Waals surface area contributed by atoms with Gasteiger partial charge in [0.05, 0.1) is 5.56 Å². The number of nitrogen functional groups attached to an aromatic ring is 1. The van der Waals surface area contributed by atoms with E-state index in [0.29, 0.717) is 37.4 Å². The van der Waals surface area contributed by atoms with Crippen LogP contribution in [0, 0.1) is 0 Å². The van der Waals surface area contributed by atoms with E-state index in [1.54, 1.807) is 24.3 Å². The molecule has 1 aliphatic rings. The largest absolute Gasteiger partial charge is 0.491 e. The molecular formula is C14H20N4O3. The van der Waals surface area contributed by atoms with E-state index in [2.05, 4.69) is 15.6 Å². The third-order valence-corrected chi connectivity index (χ3v) is 3.33. The van der Waals surface area contributed by atoms with Crippen LogP contribution in [0.1, 0.15) is 16.8 Å². The third kappa shape index (κ3) is 4.44. The van der Waals surface area contributed by atoms with Crippen molar-refractivity contribution >= 4 is 11.8 Å². The zero-order chi connectivity index (χ0) is 15.1. The van der Waals surface area contributed by atoms with Crippen molar-refractivity contribution in [3.05, 3.63) is 29.8 Å². The molecule has 1 saturated heterocycles. The molecule has 1 heterocycles. The van der Waals surface area contributed by atoms with Gasteiger partial charge in [0.1, 0.15) is 12.4 Å². The Hall–Kier alpha value is -2.12. The Morgan fingerprint density at radius 2 is 2.19 bits per heavy atom. The first-order valence-electron chi connectivity index (χ1n) is 6.92. The number of rotatable bonds is 5. The van der Waals surface area contributed by atoms with E-state index in [1.807, 2.05) is 0 Å². The van der Waals surface area contributed by atoms with E-state index in [1.165, 1.54) is 0 Å². The van der Waals surface area contributed by atoms with Crippen molar-refractivity contribution in [2.75, 3.05) is 32.8 Å². The van der Waals surface area contributed by atoms with Crippen LogP contribution < -0.4 is 21.3 Å². The fourth-order valence-corrected chi connectivity index (χ4v) is 2.18. The van der Waals surface area contributed by atoms with Crippen LogP contribution in [0.3, 0.4) is 0 Å². The molecule has 0 aliphatic carbocycles. The topological polar surface area (TPSA) is 96.7 Å². The van der Waals surface area contributed by atoms with E-state index < -0.39 is 0 Å². The Bertz CT molecular complexity index is 507. The van der Waals surface area contributed by atoms with Crippen LogP contribution in [0.2, 0.25) is 0 Å². The summed E-state index contributed by atoms with van der Waals surface area (Å²) in [4.78, 5) is 25.0. The number of benzene rings is 1. The van der Waals surface area contributed by atoms with Crippen molar-refractivity contribution in [2.24, 2.45) is 5.84 Å². The maximum absolute atomic E-state index is 11.6. The lowest BCUT2D eigenvalue weighted by atomic mass is 10.2. The normalized spacial score (nSPS) is 16.0. The molecule has 0 bridgehead atoms. The highest BCUT2D eigenvalue weighted by Crippen LogP contribution is 2.17. The Morgan fingerprint density at radius 3 is 3.00 bits per heavy atom. The minimum absolute atomic E-state index is 0.0865. The van der Waals surface area contributed by atoms with Gasteiger partial charge in [0.2, 0.25) is 5.91 Å². The lowest BCUT2D eigenvalue weighted by Gasteiger charge is -2.19. The molecule has 0 atom stereocenters. The summed E-state index contributed by atoms with van der Waals surface area (Å²) >= 11 is 0. The molecule has 0 spiro atoms. The first-order valence-corrected chi connectivity index (χ1v) is 6.92. The minimum atomic E-state index is -0.379. The molecule has 4 N–H and O–H groups in total. The summed E-state index contributed by atoms with van der Waals surface area (Å²) in [5.74, 6) is 5.36. The molecule has 1 aromatic carbocycles. The van der Waals surface area contributed by atoms with Crippen molar-refractivity contribution in [3.8, 4) is 5.75 Å². The number of carbonyl (C=O) groups excluding carboxylic acids is 2. The monoisotopic (exact) mass is 292 g/mol. The maximum atomic E-state index is 11.6. The quantitative estimate of drug-likeness (QED) is 0.386. The van der Waals surface area contributed by atoms with Crippen LogP contribution in [-0.2, 0) is 4.79 Å². The van der Waals surface area contributed by atoms with Crippen LogP contribution in [0.4, 0.5) is 0 Å². The van der Waals surface area contributed by atoms with Crippen LogP contribution in [0.15, 0.2) is 24.3 Å². The van der Waals surface area contributed by atoms with Gasteiger partial charge >= 0.3 is 0 Å². The average molecular weight is 292 g/mol. The summed E-state index contributed by atoms with van der Waals surface area (Å²) in [6.07, 6.45) is 0.506. The highest BCUT2D eigenvalue weighted by molar-refractivity contribution is 5.96. The first-order chi connectivity index (χ1) is 10.2. The van der Waals surface area contributed by atoms with Gasteiger partial charge in [0.25, 0.3) is 5.91 Å². The number of nitrogens with zero attached hydrogens (tertiary/aromatic N) is 1. The second-order valence-corrected chi connectivity index (χ2v) is 4.76. The molecule has 0 radical (unpaired) electrons. The fraction of sp³-hybridized carbons (Fsp3) is 0.429.